The smallest absolute Gasteiger partial charge is 0.341 e. The molecular weight excluding hydrogens is 336 g/mol. The Bertz CT molecular complexity index is 800. The van der Waals surface area contributed by atoms with Crippen LogP contribution in [0.25, 0.3) is 0 Å². The molecule has 1 aromatic heterocycles. The van der Waals surface area contributed by atoms with Crippen molar-refractivity contribution in [1.29, 1.82) is 0 Å². The van der Waals surface area contributed by atoms with Crippen molar-refractivity contribution in [2.45, 2.75) is 32.4 Å². The molecule has 0 saturated carbocycles. The minimum Gasteiger partial charge on any atom is -0.467 e. The van der Waals surface area contributed by atoms with Gasteiger partial charge in [-0.15, -0.1) is 0 Å². The van der Waals surface area contributed by atoms with Gasteiger partial charge in [-0.05, 0) is 37.6 Å². The van der Waals surface area contributed by atoms with Crippen LogP contribution < -0.4 is 10.2 Å². The summed E-state index contributed by atoms with van der Waals surface area (Å²) in [6.07, 6.45) is 1.77. The van der Waals surface area contributed by atoms with Gasteiger partial charge in [-0.25, -0.2) is 4.79 Å². The van der Waals surface area contributed by atoms with Gasteiger partial charge in [0.1, 0.15) is 5.76 Å². The zero-order valence-corrected chi connectivity index (χ0v) is 14.4. The van der Waals surface area contributed by atoms with Crippen molar-refractivity contribution >= 4 is 23.5 Å². The highest BCUT2D eigenvalue weighted by molar-refractivity contribution is 6.04. The second kappa shape index (κ2) is 7.86. The molecule has 1 aliphatic heterocycles. The van der Waals surface area contributed by atoms with Crippen LogP contribution in [0.1, 0.15) is 35.9 Å². The number of amides is 2. The number of para-hydroxylation sites is 1. The van der Waals surface area contributed by atoms with Gasteiger partial charge in [0, 0.05) is 13.0 Å². The Morgan fingerprint density at radius 1 is 1.27 bits per heavy atom. The molecule has 1 N–H and O–H groups in total. The first-order chi connectivity index (χ1) is 12.6. The number of hydrogen-bond donors (Lipinski definition) is 1. The summed E-state index contributed by atoms with van der Waals surface area (Å²) >= 11 is 0. The Morgan fingerprint density at radius 2 is 2.08 bits per heavy atom. The van der Waals surface area contributed by atoms with Gasteiger partial charge in [0.15, 0.2) is 6.10 Å². The minimum atomic E-state index is -0.972. The third-order valence-corrected chi connectivity index (χ3v) is 4.16. The van der Waals surface area contributed by atoms with E-state index in [-0.39, 0.29) is 18.0 Å². The Labute approximate surface area is 150 Å². The van der Waals surface area contributed by atoms with Crippen molar-refractivity contribution in [3.05, 3.63) is 54.0 Å². The average Bonchev–Trinajstić information content (AvgIpc) is 3.31. The van der Waals surface area contributed by atoms with Crippen LogP contribution in [-0.4, -0.2) is 30.4 Å². The minimum absolute atomic E-state index is 0.0190. The van der Waals surface area contributed by atoms with Crippen molar-refractivity contribution in [3.8, 4) is 0 Å². The van der Waals surface area contributed by atoms with E-state index in [1.54, 1.807) is 41.3 Å². The number of ether oxygens (including phenoxy) is 1. The largest absolute Gasteiger partial charge is 0.467 e. The van der Waals surface area contributed by atoms with Gasteiger partial charge in [-0.3, -0.25) is 9.59 Å². The van der Waals surface area contributed by atoms with Crippen molar-refractivity contribution in [2.24, 2.45) is 0 Å². The number of nitrogens with one attached hydrogen (secondary N) is 1. The number of anilines is 1. The van der Waals surface area contributed by atoms with Gasteiger partial charge in [0.25, 0.3) is 5.91 Å². The fourth-order valence-electron chi connectivity index (χ4n) is 2.79. The zero-order chi connectivity index (χ0) is 18.5. The highest BCUT2D eigenvalue weighted by Crippen LogP contribution is 2.26. The summed E-state index contributed by atoms with van der Waals surface area (Å²) in [4.78, 5) is 38.2. The van der Waals surface area contributed by atoms with E-state index in [9.17, 15) is 14.4 Å². The Morgan fingerprint density at radius 3 is 2.77 bits per heavy atom. The maximum atomic E-state index is 12.5. The van der Waals surface area contributed by atoms with Crippen LogP contribution in [0.4, 0.5) is 5.69 Å². The first kappa shape index (κ1) is 17.7. The first-order valence-corrected chi connectivity index (χ1v) is 8.46. The lowest BCUT2D eigenvalue weighted by Gasteiger charge is -2.20. The number of rotatable bonds is 6. The molecule has 1 aliphatic rings. The van der Waals surface area contributed by atoms with Crippen molar-refractivity contribution in [1.82, 2.24) is 5.32 Å². The quantitative estimate of drug-likeness (QED) is 0.802. The highest BCUT2D eigenvalue weighted by atomic mass is 16.5. The normalized spacial score (nSPS) is 15.0. The third kappa shape index (κ3) is 3.93. The van der Waals surface area contributed by atoms with E-state index in [1.807, 2.05) is 0 Å². The van der Waals surface area contributed by atoms with Crippen LogP contribution in [-0.2, 0) is 20.9 Å². The average molecular weight is 356 g/mol. The molecule has 2 aromatic rings. The third-order valence-electron chi connectivity index (χ3n) is 4.16. The van der Waals surface area contributed by atoms with Gasteiger partial charge in [-0.1, -0.05) is 12.1 Å². The van der Waals surface area contributed by atoms with Crippen molar-refractivity contribution < 1.29 is 23.5 Å². The zero-order valence-electron chi connectivity index (χ0n) is 14.4. The van der Waals surface area contributed by atoms with E-state index in [0.717, 1.165) is 6.42 Å². The number of carbonyl (C=O) groups excluding carboxylic acids is 3. The van der Waals surface area contributed by atoms with Gasteiger partial charge in [0.2, 0.25) is 5.91 Å². The molecule has 0 radical (unpaired) electrons. The standard InChI is InChI=1S/C19H20N2O5/c1-13(18(23)20-12-14-6-5-11-25-14)26-19(24)15-7-2-3-8-16(15)21-10-4-9-17(21)22/h2-3,5-8,11,13H,4,9-10,12H2,1H3,(H,20,23)/t13-/m1/s1. The van der Waals surface area contributed by atoms with Gasteiger partial charge < -0.3 is 19.4 Å². The lowest BCUT2D eigenvalue weighted by Crippen LogP contribution is -2.35. The van der Waals surface area contributed by atoms with Crippen LogP contribution in [0.5, 0.6) is 0 Å². The number of hydrogen-bond acceptors (Lipinski definition) is 5. The fourth-order valence-corrected chi connectivity index (χ4v) is 2.79. The lowest BCUT2D eigenvalue weighted by molar-refractivity contribution is -0.129. The summed E-state index contributed by atoms with van der Waals surface area (Å²) in [6.45, 7) is 2.29. The summed E-state index contributed by atoms with van der Waals surface area (Å²) in [5, 5.41) is 2.64. The number of furan rings is 1. The van der Waals surface area contributed by atoms with Crippen LogP contribution in [0, 0.1) is 0 Å². The molecule has 136 valence electrons. The Hall–Kier alpha value is -3.09. The molecule has 1 aromatic carbocycles. The van der Waals surface area contributed by atoms with Gasteiger partial charge in [-0.2, -0.15) is 0 Å². The topological polar surface area (TPSA) is 88.8 Å². The number of benzene rings is 1. The number of esters is 1. The molecule has 0 aliphatic carbocycles. The van der Waals surface area contributed by atoms with Gasteiger partial charge in [0.05, 0.1) is 24.1 Å². The van der Waals surface area contributed by atoms with E-state index < -0.39 is 18.0 Å². The van der Waals surface area contributed by atoms with Crippen LogP contribution in [0.15, 0.2) is 47.1 Å². The molecule has 1 fully saturated rings. The lowest BCUT2D eigenvalue weighted by atomic mass is 10.1. The Kier molecular flexibility index (Phi) is 5.36. The summed E-state index contributed by atoms with van der Waals surface area (Å²) in [5.41, 5.74) is 0.789. The van der Waals surface area contributed by atoms with E-state index >= 15 is 0 Å². The molecule has 7 nitrogen and oxygen atoms in total. The molecule has 0 unspecified atom stereocenters. The summed E-state index contributed by atoms with van der Waals surface area (Å²) in [7, 11) is 0. The number of carbonyl (C=O) groups is 3. The molecule has 2 amide bonds. The summed E-state index contributed by atoms with van der Waals surface area (Å²) in [6, 6.07) is 10.2. The highest BCUT2D eigenvalue weighted by Gasteiger charge is 2.27. The van der Waals surface area contributed by atoms with E-state index in [2.05, 4.69) is 5.32 Å². The number of nitrogens with zero attached hydrogens (tertiary/aromatic N) is 1. The molecular formula is C19H20N2O5. The fraction of sp³-hybridized carbons (Fsp3) is 0.316. The van der Waals surface area contributed by atoms with E-state index in [4.69, 9.17) is 9.15 Å². The SMILES string of the molecule is C[C@@H](OC(=O)c1ccccc1N1CCCC1=O)C(=O)NCc1ccco1. The molecule has 0 spiro atoms. The summed E-state index contributed by atoms with van der Waals surface area (Å²) in [5.74, 6) is -0.477. The molecule has 1 atom stereocenters. The Balaban J connectivity index is 1.64. The van der Waals surface area contributed by atoms with E-state index in [1.165, 1.54) is 13.2 Å². The maximum Gasteiger partial charge on any atom is 0.341 e. The molecule has 7 heteroatoms. The van der Waals surface area contributed by atoms with Crippen LogP contribution in [0.3, 0.4) is 0 Å². The molecule has 3 rings (SSSR count). The predicted molar refractivity (Wildman–Crippen MR) is 93.5 cm³/mol. The second-order valence-corrected chi connectivity index (χ2v) is 6.01. The summed E-state index contributed by atoms with van der Waals surface area (Å²) < 4.78 is 10.4. The molecule has 0 bridgehead atoms. The maximum absolute atomic E-state index is 12.5. The van der Waals surface area contributed by atoms with Crippen molar-refractivity contribution in [3.63, 3.8) is 0 Å². The monoisotopic (exact) mass is 356 g/mol. The second-order valence-electron chi connectivity index (χ2n) is 6.01. The van der Waals surface area contributed by atoms with Crippen LogP contribution >= 0.6 is 0 Å². The predicted octanol–water partition coefficient (Wildman–Crippen LogP) is 2.27. The molecule has 26 heavy (non-hydrogen) atoms. The molecule has 2 heterocycles. The molecule has 1 saturated heterocycles. The van der Waals surface area contributed by atoms with E-state index in [0.29, 0.717) is 24.4 Å². The van der Waals surface area contributed by atoms with Crippen molar-refractivity contribution in [2.75, 3.05) is 11.4 Å². The van der Waals surface area contributed by atoms with Gasteiger partial charge >= 0.3 is 5.97 Å². The first-order valence-electron chi connectivity index (χ1n) is 8.46. The van der Waals surface area contributed by atoms with Crippen LogP contribution in [0.2, 0.25) is 0 Å².